The first-order valence-electron chi connectivity index (χ1n) is 9.40. The Morgan fingerprint density at radius 2 is 1.89 bits per heavy atom. The molecule has 0 saturated carbocycles. The lowest BCUT2D eigenvalue weighted by Crippen LogP contribution is -2.51. The number of ketones is 1. The second-order valence-corrected chi connectivity index (χ2v) is 7.14. The van der Waals surface area contributed by atoms with Gasteiger partial charge in [-0.2, -0.15) is 0 Å². The van der Waals surface area contributed by atoms with Crippen molar-refractivity contribution in [1.29, 1.82) is 0 Å². The maximum absolute atomic E-state index is 13.2. The van der Waals surface area contributed by atoms with Crippen LogP contribution in [-0.4, -0.2) is 39.2 Å². The normalized spacial score (nSPS) is 15.6. The SMILES string of the molecule is CC[C@@H](C(=O)N1CC(c2ccccn2)C1)n1cc(C(C)=O)c2ccccc21. The van der Waals surface area contributed by atoms with Crippen LogP contribution in [0.1, 0.15) is 48.3 Å². The molecule has 5 nitrogen and oxygen atoms in total. The molecular formula is C22H23N3O2. The maximum atomic E-state index is 13.2. The van der Waals surface area contributed by atoms with Crippen molar-refractivity contribution in [3.8, 4) is 0 Å². The predicted molar refractivity (Wildman–Crippen MR) is 105 cm³/mol. The first-order valence-corrected chi connectivity index (χ1v) is 9.40. The van der Waals surface area contributed by atoms with Crippen molar-refractivity contribution in [3.05, 3.63) is 66.1 Å². The molecule has 0 radical (unpaired) electrons. The van der Waals surface area contributed by atoms with Gasteiger partial charge in [0.05, 0.1) is 0 Å². The number of aromatic nitrogens is 2. The minimum atomic E-state index is -0.298. The molecule has 1 aliphatic heterocycles. The topological polar surface area (TPSA) is 55.2 Å². The van der Waals surface area contributed by atoms with Gasteiger partial charge in [0.1, 0.15) is 6.04 Å². The van der Waals surface area contributed by atoms with Gasteiger partial charge >= 0.3 is 0 Å². The van der Waals surface area contributed by atoms with Crippen LogP contribution in [-0.2, 0) is 4.79 Å². The summed E-state index contributed by atoms with van der Waals surface area (Å²) >= 11 is 0. The smallest absolute Gasteiger partial charge is 0.245 e. The van der Waals surface area contributed by atoms with E-state index >= 15 is 0 Å². The summed E-state index contributed by atoms with van der Waals surface area (Å²) in [6, 6.07) is 13.4. The molecule has 0 spiro atoms. The minimum Gasteiger partial charge on any atom is -0.339 e. The summed E-state index contributed by atoms with van der Waals surface area (Å²) in [5.41, 5.74) is 2.65. The minimum absolute atomic E-state index is 0.0198. The van der Waals surface area contributed by atoms with E-state index in [2.05, 4.69) is 4.98 Å². The Balaban J connectivity index is 1.59. The zero-order chi connectivity index (χ0) is 19.0. The molecule has 138 valence electrons. The predicted octanol–water partition coefficient (Wildman–Crippen LogP) is 3.82. The van der Waals surface area contributed by atoms with Crippen molar-refractivity contribution < 1.29 is 9.59 Å². The molecule has 1 aliphatic rings. The van der Waals surface area contributed by atoms with E-state index in [9.17, 15) is 9.59 Å². The number of likely N-dealkylation sites (tertiary alicyclic amines) is 1. The Morgan fingerprint density at radius 1 is 1.15 bits per heavy atom. The number of hydrogen-bond donors (Lipinski definition) is 0. The molecule has 1 aromatic carbocycles. The van der Waals surface area contributed by atoms with Crippen molar-refractivity contribution >= 4 is 22.6 Å². The van der Waals surface area contributed by atoms with E-state index in [4.69, 9.17) is 0 Å². The van der Waals surface area contributed by atoms with Crippen LogP contribution in [0.2, 0.25) is 0 Å². The number of nitrogens with zero attached hydrogens (tertiary/aromatic N) is 3. The van der Waals surface area contributed by atoms with E-state index in [1.807, 2.05) is 65.1 Å². The number of benzene rings is 1. The van der Waals surface area contributed by atoms with Crippen LogP contribution < -0.4 is 0 Å². The zero-order valence-electron chi connectivity index (χ0n) is 15.6. The fourth-order valence-corrected chi connectivity index (χ4v) is 3.91. The maximum Gasteiger partial charge on any atom is 0.245 e. The van der Waals surface area contributed by atoms with Gasteiger partial charge in [0, 0.05) is 53.6 Å². The van der Waals surface area contributed by atoms with E-state index in [-0.39, 0.29) is 17.7 Å². The van der Waals surface area contributed by atoms with Crippen molar-refractivity contribution in [2.45, 2.75) is 32.2 Å². The monoisotopic (exact) mass is 361 g/mol. The highest BCUT2D eigenvalue weighted by Gasteiger charge is 2.36. The summed E-state index contributed by atoms with van der Waals surface area (Å²) in [7, 11) is 0. The molecule has 1 amide bonds. The number of carbonyl (C=O) groups is 2. The third-order valence-corrected chi connectivity index (χ3v) is 5.43. The molecule has 3 aromatic rings. The largest absolute Gasteiger partial charge is 0.339 e. The molecule has 5 heteroatoms. The van der Waals surface area contributed by atoms with Crippen LogP contribution in [0, 0.1) is 0 Å². The van der Waals surface area contributed by atoms with Crippen LogP contribution in [0.5, 0.6) is 0 Å². The summed E-state index contributed by atoms with van der Waals surface area (Å²) in [5, 5.41) is 0.909. The van der Waals surface area contributed by atoms with E-state index in [1.54, 1.807) is 13.1 Å². The van der Waals surface area contributed by atoms with Gasteiger partial charge < -0.3 is 9.47 Å². The Labute approximate surface area is 158 Å². The number of carbonyl (C=O) groups excluding carboxylic acids is 2. The zero-order valence-corrected chi connectivity index (χ0v) is 15.6. The van der Waals surface area contributed by atoms with E-state index in [0.717, 1.165) is 16.6 Å². The fourth-order valence-electron chi connectivity index (χ4n) is 3.91. The Morgan fingerprint density at radius 3 is 2.56 bits per heavy atom. The third kappa shape index (κ3) is 3.03. The van der Waals surface area contributed by atoms with E-state index in [0.29, 0.717) is 31.0 Å². The van der Waals surface area contributed by atoms with Gasteiger partial charge in [-0.15, -0.1) is 0 Å². The highest BCUT2D eigenvalue weighted by Crippen LogP contribution is 2.31. The number of Topliss-reactive ketones (excluding diaryl/α,β-unsaturated/α-hetero) is 1. The second-order valence-electron chi connectivity index (χ2n) is 7.14. The summed E-state index contributed by atoms with van der Waals surface area (Å²) in [6.07, 6.45) is 4.32. The highest BCUT2D eigenvalue weighted by atomic mass is 16.2. The summed E-state index contributed by atoms with van der Waals surface area (Å²) < 4.78 is 1.97. The number of fused-ring (bicyclic) bond motifs is 1. The van der Waals surface area contributed by atoms with Crippen LogP contribution in [0.15, 0.2) is 54.9 Å². The number of pyridine rings is 1. The molecule has 1 fully saturated rings. The molecule has 1 saturated heterocycles. The van der Waals surface area contributed by atoms with Gasteiger partial charge in [-0.1, -0.05) is 31.2 Å². The fraction of sp³-hybridized carbons (Fsp3) is 0.318. The van der Waals surface area contributed by atoms with Crippen molar-refractivity contribution in [2.24, 2.45) is 0 Å². The quantitative estimate of drug-likeness (QED) is 0.649. The lowest BCUT2D eigenvalue weighted by molar-refractivity contribution is -0.139. The van der Waals surface area contributed by atoms with Gasteiger partial charge in [-0.3, -0.25) is 14.6 Å². The van der Waals surface area contributed by atoms with Crippen LogP contribution in [0.25, 0.3) is 10.9 Å². The third-order valence-electron chi connectivity index (χ3n) is 5.43. The van der Waals surface area contributed by atoms with Gasteiger partial charge in [-0.25, -0.2) is 0 Å². The van der Waals surface area contributed by atoms with E-state index < -0.39 is 0 Å². The standard InChI is InChI=1S/C22H23N3O2/c1-3-20(22(27)24-12-16(13-24)19-9-6-7-11-23-19)25-14-18(15(2)26)17-8-4-5-10-21(17)25/h4-11,14,16,20H,3,12-13H2,1-2H3/t20-/m0/s1. The number of hydrogen-bond acceptors (Lipinski definition) is 3. The molecule has 3 heterocycles. The molecular weight excluding hydrogens is 338 g/mol. The summed E-state index contributed by atoms with van der Waals surface area (Å²) in [5.74, 6) is 0.439. The van der Waals surface area contributed by atoms with Crippen molar-refractivity contribution in [1.82, 2.24) is 14.5 Å². The lowest BCUT2D eigenvalue weighted by atomic mass is 9.94. The summed E-state index contributed by atoms with van der Waals surface area (Å²) in [6.45, 7) is 4.98. The molecule has 4 rings (SSSR count). The van der Waals surface area contributed by atoms with Crippen LogP contribution in [0.4, 0.5) is 0 Å². The lowest BCUT2D eigenvalue weighted by Gasteiger charge is -2.41. The molecule has 2 aromatic heterocycles. The Hall–Kier alpha value is -2.95. The number of para-hydroxylation sites is 1. The van der Waals surface area contributed by atoms with Gasteiger partial charge in [0.15, 0.2) is 5.78 Å². The molecule has 0 bridgehead atoms. The van der Waals surface area contributed by atoms with E-state index in [1.165, 1.54) is 0 Å². The Bertz CT molecular complexity index is 987. The van der Waals surface area contributed by atoms with Crippen molar-refractivity contribution in [3.63, 3.8) is 0 Å². The molecule has 1 atom stereocenters. The first-order chi connectivity index (χ1) is 13.1. The molecule has 0 N–H and O–H groups in total. The van der Waals surface area contributed by atoms with Crippen LogP contribution in [0.3, 0.4) is 0 Å². The number of rotatable bonds is 5. The van der Waals surface area contributed by atoms with Gasteiger partial charge in [0.25, 0.3) is 0 Å². The molecule has 27 heavy (non-hydrogen) atoms. The van der Waals surface area contributed by atoms with Gasteiger partial charge in [-0.05, 0) is 31.5 Å². The highest BCUT2D eigenvalue weighted by molar-refractivity contribution is 6.07. The summed E-state index contributed by atoms with van der Waals surface area (Å²) in [4.78, 5) is 31.5. The average Bonchev–Trinajstić information content (AvgIpc) is 3.02. The average molecular weight is 361 g/mol. The van der Waals surface area contributed by atoms with Crippen molar-refractivity contribution in [2.75, 3.05) is 13.1 Å². The number of amides is 1. The molecule has 0 aliphatic carbocycles. The molecule has 0 unspecified atom stereocenters. The first kappa shape index (κ1) is 17.5. The Kier molecular flexibility index (Phi) is 4.52. The van der Waals surface area contributed by atoms with Crippen LogP contribution >= 0.6 is 0 Å². The second kappa shape index (κ2) is 6.99. The van der Waals surface area contributed by atoms with Gasteiger partial charge in [0.2, 0.25) is 5.91 Å².